The molecule has 0 amide bonds. The Morgan fingerprint density at radius 3 is 1.06 bits per heavy atom. The third-order valence-corrected chi connectivity index (χ3v) is 6.57. The number of alkyl halides is 3. The van der Waals surface area contributed by atoms with Crippen LogP contribution in [-0.4, -0.2) is 0 Å². The molecule has 49 heavy (non-hydrogen) atoms. The monoisotopic (exact) mass is 724 g/mol. The van der Waals surface area contributed by atoms with Crippen molar-refractivity contribution in [1.29, 1.82) is 0 Å². The van der Waals surface area contributed by atoms with E-state index >= 15 is 0 Å². The Morgan fingerprint density at radius 1 is 0.490 bits per heavy atom. The van der Waals surface area contributed by atoms with Gasteiger partial charge in [0.25, 0.3) is 0 Å². The van der Waals surface area contributed by atoms with Crippen LogP contribution in [0.4, 0.5) is 70.2 Å². The lowest BCUT2D eigenvalue weighted by atomic mass is 10.1. The summed E-state index contributed by atoms with van der Waals surface area (Å²) in [6.07, 6.45) is -5.21. The fourth-order valence-corrected chi connectivity index (χ4v) is 3.55. The third-order valence-electron chi connectivity index (χ3n) is 6.57. The van der Waals surface area contributed by atoms with Gasteiger partial charge in [0, 0.05) is 16.7 Å². The number of halogens is 16. The van der Waals surface area contributed by atoms with E-state index in [4.69, 9.17) is 0 Å². The number of hydrogen-bond acceptors (Lipinski definition) is 0. The molecule has 0 saturated heterocycles. The van der Waals surface area contributed by atoms with Gasteiger partial charge in [-0.05, 0) is 45.2 Å². The molecule has 0 unspecified atom stereocenters. The molecular formula is C33H24F16. The van der Waals surface area contributed by atoms with E-state index in [1.807, 2.05) is 0 Å². The van der Waals surface area contributed by atoms with Crippen LogP contribution in [0.15, 0.2) is 30.8 Å². The number of aryl methyl sites for hydroxylation is 2. The summed E-state index contributed by atoms with van der Waals surface area (Å²) in [4.78, 5) is 0. The molecule has 0 aromatic heterocycles. The first-order valence-electron chi connectivity index (χ1n) is 13.4. The van der Waals surface area contributed by atoms with E-state index in [0.717, 1.165) is 26.8 Å². The quantitative estimate of drug-likeness (QED) is 0.110. The summed E-state index contributed by atoms with van der Waals surface area (Å²) in [7, 11) is 0. The predicted molar refractivity (Wildman–Crippen MR) is 149 cm³/mol. The molecule has 4 aromatic carbocycles. The summed E-state index contributed by atoms with van der Waals surface area (Å²) in [5.41, 5.74) is -3.16. The van der Waals surface area contributed by atoms with E-state index in [1.54, 1.807) is 0 Å². The SMILES string of the molecule is C=Cc1c(F)c(F)c(C)c(F)c1F.CCc1c(F)c(F)c(C(F)(F)F)c(F)c1F.Cc1c(F)c(F)c(F)c(F)c1F.Cc1ccccc1C. The standard InChI is InChI=1S/C9H5F7.C9H6F4.C8H10.C7H3F5/c1-2-3-5(10)7(12)4(9(14,15)16)8(13)6(3)11;1-3-5-8(12)6(10)4(2)7(11)9(5)13;1-7-5-3-4-6-8(7)2;1-2-3(8)5(10)7(12)6(11)4(2)9/h2H2,1H3;3H,1H2,2H3;3-6H,1-2H3;1H3. The molecule has 0 radical (unpaired) electrons. The molecule has 0 nitrogen and oxygen atoms in total. The van der Waals surface area contributed by atoms with Crippen molar-refractivity contribution < 1.29 is 70.2 Å². The van der Waals surface area contributed by atoms with E-state index in [9.17, 15) is 70.2 Å². The van der Waals surface area contributed by atoms with E-state index < -0.39 is 116 Å². The molecule has 268 valence electrons. The zero-order valence-corrected chi connectivity index (χ0v) is 25.8. The van der Waals surface area contributed by atoms with E-state index in [0.29, 0.717) is 0 Å². The van der Waals surface area contributed by atoms with Crippen molar-refractivity contribution in [3.05, 3.63) is 145 Å². The van der Waals surface area contributed by atoms with E-state index in [1.165, 1.54) is 11.1 Å². The molecule has 0 fully saturated rings. The first-order chi connectivity index (χ1) is 22.5. The van der Waals surface area contributed by atoms with Gasteiger partial charge in [-0.1, -0.05) is 43.8 Å². The van der Waals surface area contributed by atoms with Crippen LogP contribution in [-0.2, 0) is 12.6 Å². The average molecular weight is 725 g/mol. The highest BCUT2D eigenvalue weighted by atomic mass is 19.4. The lowest BCUT2D eigenvalue weighted by Crippen LogP contribution is -2.16. The van der Waals surface area contributed by atoms with Gasteiger partial charge in [-0.15, -0.1) is 0 Å². The first kappa shape index (κ1) is 42.5. The van der Waals surface area contributed by atoms with Gasteiger partial charge >= 0.3 is 6.18 Å². The minimum atomic E-state index is -5.48. The maximum absolute atomic E-state index is 13.0. The minimum absolute atomic E-state index is 0.455. The Balaban J connectivity index is 0.000000335. The van der Waals surface area contributed by atoms with Crippen molar-refractivity contribution in [2.24, 2.45) is 0 Å². The molecule has 0 N–H and O–H groups in total. The molecule has 16 heteroatoms. The van der Waals surface area contributed by atoms with Gasteiger partial charge < -0.3 is 0 Å². The van der Waals surface area contributed by atoms with Crippen molar-refractivity contribution in [3.8, 4) is 0 Å². The van der Waals surface area contributed by atoms with Gasteiger partial charge in [0.1, 0.15) is 5.56 Å². The van der Waals surface area contributed by atoms with Gasteiger partial charge in [0.15, 0.2) is 69.8 Å². The molecule has 0 spiro atoms. The Kier molecular flexibility index (Phi) is 15.0. The topological polar surface area (TPSA) is 0 Å². The zero-order valence-electron chi connectivity index (χ0n) is 25.8. The molecule has 0 aliphatic rings. The average Bonchev–Trinajstić information content (AvgIpc) is 3.05. The maximum atomic E-state index is 13.0. The van der Waals surface area contributed by atoms with Crippen molar-refractivity contribution in [2.75, 3.05) is 0 Å². The minimum Gasteiger partial charge on any atom is -0.203 e. The fraction of sp³-hybridized carbons (Fsp3) is 0.212. The highest BCUT2D eigenvalue weighted by molar-refractivity contribution is 5.50. The van der Waals surface area contributed by atoms with Gasteiger partial charge in [-0.2, -0.15) is 13.2 Å². The molecule has 0 aliphatic carbocycles. The highest BCUT2D eigenvalue weighted by Crippen LogP contribution is 2.37. The maximum Gasteiger partial charge on any atom is 0.422 e. The van der Waals surface area contributed by atoms with Crippen LogP contribution < -0.4 is 0 Å². The summed E-state index contributed by atoms with van der Waals surface area (Å²) < 4.78 is 201. The fourth-order valence-electron chi connectivity index (χ4n) is 3.55. The Morgan fingerprint density at radius 2 is 0.796 bits per heavy atom. The molecule has 0 heterocycles. The molecule has 4 aromatic rings. The second-order valence-electron chi connectivity index (χ2n) is 9.74. The Bertz CT molecular complexity index is 1640. The molecule has 0 aliphatic heterocycles. The smallest absolute Gasteiger partial charge is 0.203 e. The van der Waals surface area contributed by atoms with Crippen LogP contribution in [0.2, 0.25) is 0 Å². The van der Waals surface area contributed by atoms with Crippen LogP contribution in [0.25, 0.3) is 6.08 Å². The Hall–Kier alpha value is -4.50. The van der Waals surface area contributed by atoms with Gasteiger partial charge in [0.2, 0.25) is 5.82 Å². The normalized spacial score (nSPS) is 10.7. The lowest BCUT2D eigenvalue weighted by Gasteiger charge is -2.12. The van der Waals surface area contributed by atoms with Gasteiger partial charge in [-0.25, -0.2) is 57.1 Å². The van der Waals surface area contributed by atoms with Crippen LogP contribution in [0.3, 0.4) is 0 Å². The summed E-state index contributed by atoms with van der Waals surface area (Å²) in [6, 6.07) is 8.36. The van der Waals surface area contributed by atoms with Crippen molar-refractivity contribution in [2.45, 2.75) is 47.2 Å². The van der Waals surface area contributed by atoms with E-state index in [-0.39, 0.29) is 0 Å². The van der Waals surface area contributed by atoms with Crippen molar-refractivity contribution in [3.63, 3.8) is 0 Å². The molecule has 0 bridgehead atoms. The largest absolute Gasteiger partial charge is 0.422 e. The third kappa shape index (κ3) is 9.57. The molecule has 0 atom stereocenters. The lowest BCUT2D eigenvalue weighted by molar-refractivity contribution is -0.143. The number of hydrogen-bond donors (Lipinski definition) is 0. The van der Waals surface area contributed by atoms with Crippen molar-refractivity contribution >= 4 is 6.08 Å². The molecule has 0 saturated carbocycles. The Labute approximate surface area is 269 Å². The van der Waals surface area contributed by atoms with Crippen LogP contribution in [0.5, 0.6) is 0 Å². The van der Waals surface area contributed by atoms with Crippen LogP contribution in [0, 0.1) is 103 Å². The van der Waals surface area contributed by atoms with Gasteiger partial charge in [-0.3, -0.25) is 0 Å². The predicted octanol–water partition coefficient (Wildman–Crippen LogP) is 12.0. The summed E-state index contributed by atoms with van der Waals surface area (Å²) in [5, 5.41) is 0. The number of rotatable bonds is 2. The second-order valence-corrected chi connectivity index (χ2v) is 9.74. The summed E-state index contributed by atoms with van der Waals surface area (Å²) >= 11 is 0. The molecule has 4 rings (SSSR count). The van der Waals surface area contributed by atoms with Gasteiger partial charge in [0.05, 0.1) is 5.56 Å². The van der Waals surface area contributed by atoms with Crippen LogP contribution >= 0.6 is 0 Å². The highest BCUT2D eigenvalue weighted by Gasteiger charge is 2.42. The second kappa shape index (κ2) is 17.2. The number of benzene rings is 4. The zero-order chi connectivity index (χ0) is 38.3. The molecular weight excluding hydrogens is 700 g/mol. The summed E-state index contributed by atoms with van der Waals surface area (Å²) in [6.45, 7) is 10.2. The first-order valence-corrected chi connectivity index (χ1v) is 13.4. The summed E-state index contributed by atoms with van der Waals surface area (Å²) in [5.74, 6) is -23.9. The van der Waals surface area contributed by atoms with E-state index in [2.05, 4.69) is 44.7 Å². The van der Waals surface area contributed by atoms with Crippen molar-refractivity contribution in [1.82, 2.24) is 0 Å². The van der Waals surface area contributed by atoms with Crippen LogP contribution in [0.1, 0.15) is 45.9 Å².